The molecule has 1 fully saturated rings. The van der Waals surface area contributed by atoms with Gasteiger partial charge in [0.05, 0.1) is 12.8 Å². The van der Waals surface area contributed by atoms with Crippen LogP contribution < -0.4 is 5.32 Å². The third-order valence-electron chi connectivity index (χ3n) is 4.99. The number of amides is 1. The molecule has 0 spiro atoms. The van der Waals surface area contributed by atoms with Crippen molar-refractivity contribution in [3.63, 3.8) is 0 Å². The van der Waals surface area contributed by atoms with E-state index in [0.717, 1.165) is 24.0 Å². The van der Waals surface area contributed by atoms with Crippen LogP contribution in [0.25, 0.3) is 6.08 Å². The van der Waals surface area contributed by atoms with Crippen LogP contribution in [0.3, 0.4) is 0 Å². The number of rotatable bonds is 9. The molecule has 6 nitrogen and oxygen atoms in total. The van der Waals surface area contributed by atoms with Crippen molar-refractivity contribution in [3.8, 4) is 0 Å². The maximum Gasteiger partial charge on any atom is 0.251 e. The Bertz CT molecular complexity index is 1130. The van der Waals surface area contributed by atoms with Gasteiger partial charge in [-0.1, -0.05) is 42.5 Å². The van der Waals surface area contributed by atoms with Crippen molar-refractivity contribution in [2.75, 3.05) is 0 Å². The molecule has 1 saturated carbocycles. The van der Waals surface area contributed by atoms with E-state index in [1.165, 1.54) is 16.0 Å². The summed E-state index contributed by atoms with van der Waals surface area (Å²) >= 11 is 0. The molecule has 31 heavy (non-hydrogen) atoms. The number of nitrogens with zero attached hydrogens (tertiary/aromatic N) is 1. The van der Waals surface area contributed by atoms with Gasteiger partial charge in [0, 0.05) is 23.6 Å². The summed E-state index contributed by atoms with van der Waals surface area (Å²) < 4.78 is 32.9. The lowest BCUT2D eigenvalue weighted by Gasteiger charge is -2.19. The van der Waals surface area contributed by atoms with Crippen molar-refractivity contribution in [3.05, 3.63) is 101 Å². The predicted octanol–water partition coefficient (Wildman–Crippen LogP) is 4.17. The Kier molecular flexibility index (Phi) is 6.34. The first-order chi connectivity index (χ1) is 15.0. The van der Waals surface area contributed by atoms with Crippen LogP contribution in [0, 0.1) is 0 Å². The van der Waals surface area contributed by atoms with Crippen molar-refractivity contribution < 1.29 is 17.6 Å². The number of hydrogen-bond donors (Lipinski definition) is 1. The highest BCUT2D eigenvalue weighted by molar-refractivity contribution is 7.92. The van der Waals surface area contributed by atoms with E-state index in [-0.39, 0.29) is 25.0 Å². The van der Waals surface area contributed by atoms with Crippen molar-refractivity contribution in [2.45, 2.75) is 32.0 Å². The zero-order chi connectivity index (χ0) is 21.7. The second kappa shape index (κ2) is 9.32. The largest absolute Gasteiger partial charge is 0.468 e. The average Bonchev–Trinajstić information content (AvgIpc) is 3.44. The molecule has 1 aliphatic rings. The number of nitrogens with one attached hydrogen (secondary N) is 1. The zero-order valence-corrected chi connectivity index (χ0v) is 17.8. The number of hydrogen-bond acceptors (Lipinski definition) is 4. The molecule has 0 bridgehead atoms. The van der Waals surface area contributed by atoms with Crippen LogP contribution in [0.1, 0.15) is 40.1 Å². The van der Waals surface area contributed by atoms with Crippen molar-refractivity contribution in [2.24, 2.45) is 0 Å². The first kappa shape index (κ1) is 21.1. The van der Waals surface area contributed by atoms with Gasteiger partial charge in [-0.3, -0.25) is 4.79 Å². The summed E-state index contributed by atoms with van der Waals surface area (Å²) in [7, 11) is -3.72. The Hall–Kier alpha value is -3.16. The summed E-state index contributed by atoms with van der Waals surface area (Å²) in [5.74, 6) is 0.456. The number of carbonyl (C=O) groups excluding carboxylic acids is 1. The molecule has 0 radical (unpaired) electrons. The Morgan fingerprint density at radius 1 is 1.00 bits per heavy atom. The molecule has 1 aliphatic carbocycles. The number of sulfonamides is 1. The smallest absolute Gasteiger partial charge is 0.251 e. The van der Waals surface area contributed by atoms with E-state index >= 15 is 0 Å². The Balaban J connectivity index is 1.51. The normalized spacial score (nSPS) is 14.2. The molecule has 2 aromatic carbocycles. The molecule has 1 aromatic heterocycles. The van der Waals surface area contributed by atoms with Crippen LogP contribution in [0.15, 0.2) is 82.8 Å². The maximum absolute atomic E-state index is 13.1. The van der Waals surface area contributed by atoms with E-state index in [0.29, 0.717) is 11.3 Å². The van der Waals surface area contributed by atoms with Crippen LogP contribution in [0.5, 0.6) is 0 Å². The van der Waals surface area contributed by atoms with E-state index in [4.69, 9.17) is 4.42 Å². The molecule has 160 valence electrons. The van der Waals surface area contributed by atoms with Gasteiger partial charge >= 0.3 is 0 Å². The molecular formula is C24H24N2O4S. The summed E-state index contributed by atoms with van der Waals surface area (Å²) in [6, 6.07) is 20.1. The van der Waals surface area contributed by atoms with Gasteiger partial charge in [-0.25, -0.2) is 8.42 Å². The first-order valence-corrected chi connectivity index (χ1v) is 11.7. The highest BCUT2D eigenvalue weighted by Crippen LogP contribution is 2.20. The molecule has 1 N–H and O–H groups in total. The second-order valence-electron chi connectivity index (χ2n) is 7.55. The highest BCUT2D eigenvalue weighted by Gasteiger charge is 2.24. The van der Waals surface area contributed by atoms with Crippen molar-refractivity contribution in [1.29, 1.82) is 0 Å². The van der Waals surface area contributed by atoms with Crippen LogP contribution >= 0.6 is 0 Å². The Morgan fingerprint density at radius 2 is 1.74 bits per heavy atom. The number of benzene rings is 2. The molecule has 0 unspecified atom stereocenters. The standard InChI is InChI=1S/C24H24N2O4S/c27-24(25-22-12-13-22)21-10-8-20(9-11-21)17-26(18-23-7-4-15-30-23)31(28,29)16-14-19-5-2-1-3-6-19/h1-11,14-16,22H,12-13,17-18H2,(H,25,27)/b16-14+. The van der Waals surface area contributed by atoms with E-state index in [9.17, 15) is 13.2 Å². The minimum Gasteiger partial charge on any atom is -0.468 e. The molecular weight excluding hydrogens is 412 g/mol. The van der Waals surface area contributed by atoms with E-state index < -0.39 is 10.0 Å². The first-order valence-electron chi connectivity index (χ1n) is 10.1. The van der Waals surface area contributed by atoms with Crippen molar-refractivity contribution >= 4 is 22.0 Å². The summed E-state index contributed by atoms with van der Waals surface area (Å²) in [6.07, 6.45) is 5.16. The van der Waals surface area contributed by atoms with Crippen LogP contribution in [-0.4, -0.2) is 24.7 Å². The fourth-order valence-electron chi connectivity index (χ4n) is 3.09. The van der Waals surface area contributed by atoms with Gasteiger partial charge < -0.3 is 9.73 Å². The Morgan fingerprint density at radius 3 is 2.39 bits per heavy atom. The molecule has 3 aromatic rings. The summed E-state index contributed by atoms with van der Waals surface area (Å²) in [5, 5.41) is 4.16. The molecule has 0 atom stereocenters. The van der Waals surface area contributed by atoms with Gasteiger partial charge in [-0.05, 0) is 54.3 Å². The maximum atomic E-state index is 13.1. The third kappa shape index (κ3) is 5.93. The minimum absolute atomic E-state index is 0.0973. The van der Waals surface area contributed by atoms with Gasteiger partial charge in [0.2, 0.25) is 10.0 Å². The van der Waals surface area contributed by atoms with E-state index in [1.54, 1.807) is 42.5 Å². The Labute approximate surface area is 182 Å². The molecule has 4 rings (SSSR count). The zero-order valence-electron chi connectivity index (χ0n) is 17.0. The lowest BCUT2D eigenvalue weighted by Crippen LogP contribution is -2.28. The fraction of sp³-hybridized carbons (Fsp3) is 0.208. The van der Waals surface area contributed by atoms with Gasteiger partial charge in [-0.2, -0.15) is 4.31 Å². The fourth-order valence-corrected chi connectivity index (χ4v) is 4.23. The molecule has 1 amide bonds. The third-order valence-corrected chi connectivity index (χ3v) is 6.45. The molecule has 7 heteroatoms. The molecule has 1 heterocycles. The number of furan rings is 1. The second-order valence-corrected chi connectivity index (χ2v) is 9.37. The lowest BCUT2D eigenvalue weighted by molar-refractivity contribution is 0.0951. The van der Waals surface area contributed by atoms with Crippen LogP contribution in [0.2, 0.25) is 0 Å². The van der Waals surface area contributed by atoms with Crippen molar-refractivity contribution in [1.82, 2.24) is 9.62 Å². The summed E-state index contributed by atoms with van der Waals surface area (Å²) in [5.41, 5.74) is 2.15. The van der Waals surface area contributed by atoms with E-state index in [1.807, 2.05) is 30.3 Å². The van der Waals surface area contributed by atoms with Crippen LogP contribution in [-0.2, 0) is 23.1 Å². The SMILES string of the molecule is O=C(NC1CC1)c1ccc(CN(Cc2ccco2)S(=O)(=O)/C=C/c2ccccc2)cc1. The quantitative estimate of drug-likeness (QED) is 0.546. The molecule has 0 aliphatic heterocycles. The van der Waals surface area contributed by atoms with E-state index in [2.05, 4.69) is 5.32 Å². The summed E-state index contributed by atoms with van der Waals surface area (Å²) in [6.45, 7) is 0.269. The number of carbonyl (C=O) groups is 1. The van der Waals surface area contributed by atoms with Gasteiger partial charge in [0.1, 0.15) is 5.76 Å². The lowest BCUT2D eigenvalue weighted by atomic mass is 10.1. The van der Waals surface area contributed by atoms with Gasteiger partial charge in [-0.15, -0.1) is 0 Å². The highest BCUT2D eigenvalue weighted by atomic mass is 32.2. The van der Waals surface area contributed by atoms with Gasteiger partial charge in [0.15, 0.2) is 0 Å². The predicted molar refractivity (Wildman–Crippen MR) is 119 cm³/mol. The molecule has 0 saturated heterocycles. The monoisotopic (exact) mass is 436 g/mol. The minimum atomic E-state index is -3.72. The average molecular weight is 437 g/mol. The topological polar surface area (TPSA) is 79.6 Å². The summed E-state index contributed by atoms with van der Waals surface area (Å²) in [4.78, 5) is 12.2. The van der Waals surface area contributed by atoms with Gasteiger partial charge in [0.25, 0.3) is 5.91 Å². The van der Waals surface area contributed by atoms with Crippen LogP contribution in [0.4, 0.5) is 0 Å².